The maximum Gasteiger partial charge on any atom is 0.186 e. The van der Waals surface area contributed by atoms with Crippen molar-refractivity contribution >= 4 is 5.78 Å². The minimum absolute atomic E-state index is 0.0311. The second-order valence-corrected chi connectivity index (χ2v) is 6.43. The van der Waals surface area contributed by atoms with Gasteiger partial charge < -0.3 is 15.0 Å². The van der Waals surface area contributed by atoms with Gasteiger partial charge in [0.1, 0.15) is 5.69 Å². The number of nitrogens with two attached hydrogens (primary N) is 1. The zero-order valence-corrected chi connectivity index (χ0v) is 12.6. The number of hydrogen-bond donors (Lipinski definition) is 1. The number of ketones is 1. The molecule has 1 aromatic heterocycles. The number of ether oxygens (including phenoxy) is 1. The van der Waals surface area contributed by atoms with Crippen LogP contribution in [0.1, 0.15) is 55.4 Å². The minimum atomic E-state index is -0.0311. The van der Waals surface area contributed by atoms with Crippen LogP contribution in [0.15, 0.2) is 12.5 Å². The van der Waals surface area contributed by atoms with Crippen LogP contribution in [0.5, 0.6) is 0 Å². The van der Waals surface area contributed by atoms with Gasteiger partial charge in [0.05, 0.1) is 11.9 Å². The molecule has 21 heavy (non-hydrogen) atoms. The van der Waals surface area contributed by atoms with Crippen molar-refractivity contribution in [2.45, 2.75) is 57.1 Å². The van der Waals surface area contributed by atoms with E-state index < -0.39 is 0 Å². The number of nitrogens with zero attached hydrogens (tertiary/aromatic N) is 2. The highest BCUT2D eigenvalue weighted by Gasteiger charge is 2.41. The Kier molecular flexibility index (Phi) is 4.40. The molecule has 0 radical (unpaired) electrons. The van der Waals surface area contributed by atoms with Gasteiger partial charge in [-0.3, -0.25) is 4.79 Å². The van der Waals surface area contributed by atoms with E-state index >= 15 is 0 Å². The monoisotopic (exact) mass is 291 g/mol. The first-order valence-electron chi connectivity index (χ1n) is 8.12. The zero-order chi connectivity index (χ0) is 14.7. The number of Topliss-reactive ketones (excluding diaryl/α,β-unsaturated/α-hetero) is 1. The van der Waals surface area contributed by atoms with Crippen LogP contribution in [-0.2, 0) is 11.3 Å². The summed E-state index contributed by atoms with van der Waals surface area (Å²) < 4.78 is 7.96. The molecule has 3 rings (SSSR count). The van der Waals surface area contributed by atoms with E-state index in [1.54, 1.807) is 6.33 Å². The summed E-state index contributed by atoms with van der Waals surface area (Å²) in [6.45, 7) is 1.97. The summed E-state index contributed by atoms with van der Waals surface area (Å²) in [4.78, 5) is 16.9. The number of carbonyl (C=O) groups is 1. The molecule has 2 heterocycles. The predicted molar refractivity (Wildman–Crippen MR) is 80.1 cm³/mol. The molecule has 2 fully saturated rings. The smallest absolute Gasteiger partial charge is 0.186 e. The maximum atomic E-state index is 12.7. The Balaban J connectivity index is 1.68. The molecular formula is C16H25N3O2. The Labute approximate surface area is 125 Å². The van der Waals surface area contributed by atoms with Gasteiger partial charge in [0.25, 0.3) is 0 Å². The quantitative estimate of drug-likeness (QED) is 0.863. The second-order valence-electron chi connectivity index (χ2n) is 6.43. The molecule has 1 saturated heterocycles. The van der Waals surface area contributed by atoms with E-state index in [1.807, 2.05) is 10.8 Å². The molecule has 1 spiro atoms. The van der Waals surface area contributed by atoms with Gasteiger partial charge in [-0.05, 0) is 25.7 Å². The molecule has 1 atom stereocenters. The van der Waals surface area contributed by atoms with Gasteiger partial charge in [0.2, 0.25) is 0 Å². The van der Waals surface area contributed by atoms with E-state index in [0.29, 0.717) is 25.4 Å². The molecule has 0 bridgehead atoms. The van der Waals surface area contributed by atoms with E-state index in [9.17, 15) is 4.79 Å². The van der Waals surface area contributed by atoms with Crippen LogP contribution in [0, 0.1) is 5.92 Å². The van der Waals surface area contributed by atoms with Gasteiger partial charge in [-0.1, -0.05) is 19.3 Å². The Bertz CT molecular complexity index is 486. The Morgan fingerprint density at radius 2 is 2.24 bits per heavy atom. The number of hydrogen-bond acceptors (Lipinski definition) is 4. The molecule has 1 unspecified atom stereocenters. The Morgan fingerprint density at radius 1 is 1.43 bits per heavy atom. The Morgan fingerprint density at radius 3 is 3.00 bits per heavy atom. The summed E-state index contributed by atoms with van der Waals surface area (Å²) in [6, 6.07) is 0. The van der Waals surface area contributed by atoms with Crippen molar-refractivity contribution in [1.82, 2.24) is 9.55 Å². The molecule has 2 N–H and O–H groups in total. The van der Waals surface area contributed by atoms with Crippen LogP contribution in [-0.4, -0.2) is 34.1 Å². The van der Waals surface area contributed by atoms with Crippen molar-refractivity contribution in [2.24, 2.45) is 11.7 Å². The molecule has 0 amide bonds. The minimum Gasteiger partial charge on any atom is -0.375 e. The summed E-state index contributed by atoms with van der Waals surface area (Å²) in [5.41, 5.74) is 6.09. The van der Waals surface area contributed by atoms with Crippen LogP contribution in [0.25, 0.3) is 0 Å². The van der Waals surface area contributed by atoms with Gasteiger partial charge in [-0.2, -0.15) is 0 Å². The van der Waals surface area contributed by atoms with Crippen LogP contribution in [0.4, 0.5) is 0 Å². The SMILES string of the molecule is NCCn1cnc(C(=O)C2CCOC3(CCCCC3)C2)c1. The normalized spacial score (nSPS) is 25.1. The number of aromatic nitrogens is 2. The Hall–Kier alpha value is -1.20. The molecule has 2 aliphatic rings. The van der Waals surface area contributed by atoms with Gasteiger partial charge in [0, 0.05) is 31.8 Å². The van der Waals surface area contributed by atoms with E-state index in [-0.39, 0.29) is 17.3 Å². The lowest BCUT2D eigenvalue weighted by molar-refractivity contribution is -0.111. The van der Waals surface area contributed by atoms with Crippen molar-refractivity contribution in [3.05, 3.63) is 18.2 Å². The molecule has 1 aliphatic carbocycles. The average molecular weight is 291 g/mol. The molecule has 0 aromatic carbocycles. The van der Waals surface area contributed by atoms with Crippen LogP contribution in [0.3, 0.4) is 0 Å². The van der Waals surface area contributed by atoms with Crippen molar-refractivity contribution < 1.29 is 9.53 Å². The lowest BCUT2D eigenvalue weighted by atomic mass is 9.74. The van der Waals surface area contributed by atoms with E-state index in [1.165, 1.54) is 19.3 Å². The largest absolute Gasteiger partial charge is 0.375 e. The van der Waals surface area contributed by atoms with Gasteiger partial charge in [0.15, 0.2) is 5.78 Å². The predicted octanol–water partition coefficient (Wildman–Crippen LogP) is 2.15. The van der Waals surface area contributed by atoms with Crippen molar-refractivity contribution in [1.29, 1.82) is 0 Å². The number of carbonyl (C=O) groups excluding carboxylic acids is 1. The molecule has 5 nitrogen and oxygen atoms in total. The fraction of sp³-hybridized carbons (Fsp3) is 0.750. The third-order valence-electron chi connectivity index (χ3n) is 4.90. The highest BCUT2D eigenvalue weighted by atomic mass is 16.5. The van der Waals surface area contributed by atoms with Crippen LogP contribution in [0.2, 0.25) is 0 Å². The second kappa shape index (κ2) is 6.28. The van der Waals surface area contributed by atoms with E-state index in [2.05, 4.69) is 4.98 Å². The first-order valence-corrected chi connectivity index (χ1v) is 8.12. The average Bonchev–Trinajstić information content (AvgIpc) is 2.96. The van der Waals surface area contributed by atoms with Crippen LogP contribution < -0.4 is 5.73 Å². The lowest BCUT2D eigenvalue weighted by Gasteiger charge is -2.43. The molecule has 5 heteroatoms. The molecule has 1 saturated carbocycles. The van der Waals surface area contributed by atoms with Gasteiger partial charge in [-0.15, -0.1) is 0 Å². The summed E-state index contributed by atoms with van der Waals surface area (Å²) >= 11 is 0. The lowest BCUT2D eigenvalue weighted by Crippen LogP contribution is -2.43. The maximum absolute atomic E-state index is 12.7. The topological polar surface area (TPSA) is 70.1 Å². The third-order valence-corrected chi connectivity index (χ3v) is 4.90. The zero-order valence-electron chi connectivity index (χ0n) is 12.6. The third kappa shape index (κ3) is 3.19. The first kappa shape index (κ1) is 14.7. The summed E-state index contributed by atoms with van der Waals surface area (Å²) in [5.74, 6) is 0.247. The number of rotatable bonds is 4. The molecule has 1 aromatic rings. The molecular weight excluding hydrogens is 266 g/mol. The molecule has 116 valence electrons. The fourth-order valence-electron chi connectivity index (χ4n) is 3.76. The van der Waals surface area contributed by atoms with Crippen molar-refractivity contribution in [3.63, 3.8) is 0 Å². The first-order chi connectivity index (χ1) is 10.2. The van der Waals surface area contributed by atoms with Gasteiger partial charge in [-0.25, -0.2) is 4.98 Å². The highest BCUT2D eigenvalue weighted by molar-refractivity contribution is 5.96. The van der Waals surface area contributed by atoms with Crippen molar-refractivity contribution in [2.75, 3.05) is 13.2 Å². The standard InChI is InChI=1S/C16H25N3O2/c17-7-8-19-11-14(18-12-19)15(20)13-4-9-21-16(10-13)5-2-1-3-6-16/h11-13H,1-10,17H2. The summed E-state index contributed by atoms with van der Waals surface area (Å²) in [6.07, 6.45) is 11.2. The highest BCUT2D eigenvalue weighted by Crippen LogP contribution is 2.41. The number of imidazole rings is 1. The van der Waals surface area contributed by atoms with Gasteiger partial charge >= 0.3 is 0 Å². The van der Waals surface area contributed by atoms with Crippen molar-refractivity contribution in [3.8, 4) is 0 Å². The molecule has 1 aliphatic heterocycles. The van der Waals surface area contributed by atoms with E-state index in [0.717, 1.165) is 25.7 Å². The summed E-state index contributed by atoms with van der Waals surface area (Å²) in [5, 5.41) is 0. The van der Waals surface area contributed by atoms with E-state index in [4.69, 9.17) is 10.5 Å². The van der Waals surface area contributed by atoms with Crippen LogP contribution >= 0.6 is 0 Å². The summed E-state index contributed by atoms with van der Waals surface area (Å²) in [7, 11) is 0. The fourth-order valence-corrected chi connectivity index (χ4v) is 3.76.